The molecule has 0 spiro atoms. The second-order valence-corrected chi connectivity index (χ2v) is 6.22. The molecule has 5 heteroatoms. The van der Waals surface area contributed by atoms with E-state index in [1.54, 1.807) is 0 Å². The van der Waals surface area contributed by atoms with E-state index in [4.69, 9.17) is 4.84 Å². The summed E-state index contributed by atoms with van der Waals surface area (Å²) in [5.41, 5.74) is 2.76. The number of carboxylic acids is 1. The van der Waals surface area contributed by atoms with Crippen molar-refractivity contribution in [2.24, 2.45) is 23.7 Å². The lowest BCUT2D eigenvalue weighted by atomic mass is 9.80. The Balaban J connectivity index is 1.69. The Morgan fingerprint density at radius 2 is 2.11 bits per heavy atom. The minimum Gasteiger partial charge on any atom is -0.481 e. The van der Waals surface area contributed by atoms with Gasteiger partial charge in [0.05, 0.1) is 5.92 Å². The maximum atomic E-state index is 11.4. The molecule has 0 bridgehead atoms. The van der Waals surface area contributed by atoms with Crippen LogP contribution < -0.4 is 5.48 Å². The fourth-order valence-electron chi connectivity index (χ4n) is 4.76. The van der Waals surface area contributed by atoms with Gasteiger partial charge in [-0.05, 0) is 31.6 Å². The number of carbonyl (C=O) groups is 1. The number of hydrogen-bond donors (Lipinski definition) is 2. The minimum atomic E-state index is -0.625. The number of hydrogen-bond acceptors (Lipinski definition) is 4. The molecule has 4 unspecified atom stereocenters. The first kappa shape index (κ1) is 11.2. The molecule has 2 aliphatic heterocycles. The first-order valence-electron chi connectivity index (χ1n) is 7.14. The Morgan fingerprint density at radius 1 is 1.33 bits per heavy atom. The highest BCUT2D eigenvalue weighted by Crippen LogP contribution is 2.64. The highest BCUT2D eigenvalue weighted by atomic mass is 16.7. The van der Waals surface area contributed by atoms with Gasteiger partial charge in [0.2, 0.25) is 0 Å². The van der Waals surface area contributed by atoms with Crippen molar-refractivity contribution < 1.29 is 14.7 Å². The fraction of sp³-hybridized carbons (Fsp3) is 0.923. The molecule has 2 aliphatic carbocycles. The molecule has 2 saturated carbocycles. The van der Waals surface area contributed by atoms with E-state index in [1.807, 2.05) is 0 Å². The van der Waals surface area contributed by atoms with Gasteiger partial charge in [-0.25, -0.2) is 0 Å². The lowest BCUT2D eigenvalue weighted by molar-refractivity contribution is -0.194. The van der Waals surface area contributed by atoms with Crippen molar-refractivity contribution >= 4 is 5.97 Å². The maximum absolute atomic E-state index is 11.4. The average molecular weight is 252 g/mol. The first-order chi connectivity index (χ1) is 8.75. The summed E-state index contributed by atoms with van der Waals surface area (Å²) in [6.07, 6.45) is 4.60. The molecule has 4 rings (SSSR count). The average Bonchev–Trinajstić information content (AvgIpc) is 2.79. The second-order valence-electron chi connectivity index (χ2n) is 6.22. The molecule has 0 aromatic rings. The third kappa shape index (κ3) is 1.25. The zero-order valence-electron chi connectivity index (χ0n) is 10.5. The zero-order valence-corrected chi connectivity index (χ0v) is 10.5. The largest absolute Gasteiger partial charge is 0.481 e. The van der Waals surface area contributed by atoms with E-state index in [-0.39, 0.29) is 17.6 Å². The quantitative estimate of drug-likeness (QED) is 0.756. The van der Waals surface area contributed by atoms with E-state index < -0.39 is 5.97 Å². The molecule has 4 aliphatic rings. The van der Waals surface area contributed by atoms with Crippen LogP contribution >= 0.6 is 0 Å². The summed E-state index contributed by atoms with van der Waals surface area (Å²) < 4.78 is 0. The molecule has 0 amide bonds. The van der Waals surface area contributed by atoms with Gasteiger partial charge < -0.3 is 5.11 Å². The third-order valence-corrected chi connectivity index (χ3v) is 5.53. The smallest absolute Gasteiger partial charge is 0.307 e. The van der Waals surface area contributed by atoms with E-state index in [0.29, 0.717) is 11.8 Å². The van der Waals surface area contributed by atoms with Crippen LogP contribution in [-0.2, 0) is 9.63 Å². The number of carboxylic acid groups (broad SMARTS) is 1. The lowest BCUT2D eigenvalue weighted by Crippen LogP contribution is -2.56. The van der Waals surface area contributed by atoms with Gasteiger partial charge in [0, 0.05) is 31.5 Å². The second kappa shape index (κ2) is 3.68. The van der Waals surface area contributed by atoms with Crippen molar-refractivity contribution in [3.63, 3.8) is 0 Å². The molecule has 4 fully saturated rings. The van der Waals surface area contributed by atoms with Crippen molar-refractivity contribution in [1.82, 2.24) is 10.4 Å². The number of aliphatic carboxylic acids is 1. The predicted octanol–water partition coefficient (Wildman–Crippen LogP) is 0.670. The van der Waals surface area contributed by atoms with Crippen molar-refractivity contribution in [2.75, 3.05) is 19.6 Å². The van der Waals surface area contributed by atoms with Crippen molar-refractivity contribution in [1.29, 1.82) is 0 Å². The molecule has 0 aromatic heterocycles. The zero-order chi connectivity index (χ0) is 12.3. The van der Waals surface area contributed by atoms with Crippen LogP contribution in [0, 0.1) is 23.7 Å². The minimum absolute atomic E-state index is 0.171. The number of nitrogens with zero attached hydrogens (tertiary/aromatic N) is 1. The molecular formula is C13H20N2O3. The lowest BCUT2D eigenvalue weighted by Gasteiger charge is -2.43. The van der Waals surface area contributed by atoms with Gasteiger partial charge in [0.15, 0.2) is 5.72 Å². The van der Waals surface area contributed by atoms with Crippen LogP contribution in [0.5, 0.6) is 0 Å². The van der Waals surface area contributed by atoms with Gasteiger partial charge in [-0.1, -0.05) is 0 Å². The summed E-state index contributed by atoms with van der Waals surface area (Å²) in [5, 5.41) is 9.37. The third-order valence-electron chi connectivity index (χ3n) is 5.53. The standard InChI is InChI=1S/C13H20N2O3/c16-12(17)10-9-4-3-8-7-14-18-13(8,11(9)10)15-5-1-2-6-15/h8-11,14H,1-7H2,(H,16,17)/t8?,9?,10-,11?,13?/m1/s1. The van der Waals surface area contributed by atoms with Crippen LogP contribution in [0.25, 0.3) is 0 Å². The number of nitrogens with one attached hydrogen (secondary N) is 1. The van der Waals surface area contributed by atoms with Crippen LogP contribution in [0.1, 0.15) is 25.7 Å². The number of rotatable bonds is 2. The highest BCUT2D eigenvalue weighted by Gasteiger charge is 2.73. The normalized spacial score (nSPS) is 50.9. The molecule has 0 radical (unpaired) electrons. The summed E-state index contributed by atoms with van der Waals surface area (Å²) in [5.74, 6) is 0.234. The van der Waals surface area contributed by atoms with Gasteiger partial charge in [-0.3, -0.25) is 14.5 Å². The summed E-state index contributed by atoms with van der Waals surface area (Å²) in [6.45, 7) is 3.01. The molecule has 2 N–H and O–H groups in total. The van der Waals surface area contributed by atoms with Crippen molar-refractivity contribution in [3.05, 3.63) is 0 Å². The Bertz CT molecular complexity index is 382. The van der Waals surface area contributed by atoms with Crippen LogP contribution in [0.15, 0.2) is 0 Å². The van der Waals surface area contributed by atoms with Crippen molar-refractivity contribution in [2.45, 2.75) is 31.4 Å². The molecule has 0 aromatic carbocycles. The molecule has 5 nitrogen and oxygen atoms in total. The van der Waals surface area contributed by atoms with E-state index in [1.165, 1.54) is 12.8 Å². The SMILES string of the molecule is O=C(O)[C@@H]1C2CCC3CNOC3(N3CCCC3)C21. The Morgan fingerprint density at radius 3 is 2.83 bits per heavy atom. The van der Waals surface area contributed by atoms with Crippen LogP contribution in [0.2, 0.25) is 0 Å². The molecule has 100 valence electrons. The topological polar surface area (TPSA) is 61.8 Å². The monoisotopic (exact) mass is 252 g/mol. The van der Waals surface area contributed by atoms with Crippen LogP contribution in [0.4, 0.5) is 0 Å². The Kier molecular flexibility index (Phi) is 2.29. The summed E-state index contributed by atoms with van der Waals surface area (Å²) in [6, 6.07) is 0. The van der Waals surface area contributed by atoms with E-state index in [0.717, 1.165) is 32.5 Å². The highest BCUT2D eigenvalue weighted by molar-refractivity contribution is 5.75. The van der Waals surface area contributed by atoms with Gasteiger partial charge >= 0.3 is 5.97 Å². The first-order valence-corrected chi connectivity index (χ1v) is 7.14. The number of likely N-dealkylation sites (tertiary alicyclic amines) is 1. The van der Waals surface area contributed by atoms with Gasteiger partial charge in [-0.15, -0.1) is 0 Å². The Hall–Kier alpha value is -0.650. The predicted molar refractivity (Wildman–Crippen MR) is 63.5 cm³/mol. The maximum Gasteiger partial charge on any atom is 0.307 e. The van der Waals surface area contributed by atoms with Crippen LogP contribution in [0.3, 0.4) is 0 Å². The summed E-state index contributed by atoms with van der Waals surface area (Å²) >= 11 is 0. The van der Waals surface area contributed by atoms with E-state index in [9.17, 15) is 9.90 Å². The van der Waals surface area contributed by atoms with Crippen LogP contribution in [-0.4, -0.2) is 41.3 Å². The molecule has 18 heavy (non-hydrogen) atoms. The van der Waals surface area contributed by atoms with E-state index >= 15 is 0 Å². The van der Waals surface area contributed by atoms with Gasteiger partial charge in [-0.2, -0.15) is 5.48 Å². The summed E-state index contributed by atoms with van der Waals surface area (Å²) in [7, 11) is 0. The number of hydroxylamine groups is 1. The van der Waals surface area contributed by atoms with Crippen molar-refractivity contribution in [3.8, 4) is 0 Å². The fourth-order valence-corrected chi connectivity index (χ4v) is 4.76. The number of fused-ring (bicyclic) bond motifs is 3. The molecule has 5 atom stereocenters. The Labute approximate surface area is 106 Å². The van der Waals surface area contributed by atoms with E-state index in [2.05, 4.69) is 10.4 Å². The van der Waals surface area contributed by atoms with Gasteiger partial charge in [0.25, 0.3) is 0 Å². The molecular weight excluding hydrogens is 232 g/mol. The molecule has 2 saturated heterocycles. The molecule has 2 heterocycles. The summed E-state index contributed by atoms with van der Waals surface area (Å²) in [4.78, 5) is 19.8. The van der Waals surface area contributed by atoms with Gasteiger partial charge in [0.1, 0.15) is 0 Å².